The molecule has 0 aromatic heterocycles. The van der Waals surface area contributed by atoms with Crippen molar-refractivity contribution in [3.05, 3.63) is 0 Å². The van der Waals surface area contributed by atoms with Crippen LogP contribution in [0.1, 0.15) is 25.7 Å². The van der Waals surface area contributed by atoms with Gasteiger partial charge in [-0.2, -0.15) is 0 Å². The number of hydrogen-bond donors (Lipinski definition) is 1. The van der Waals surface area contributed by atoms with Gasteiger partial charge in [0.1, 0.15) is 0 Å². The van der Waals surface area contributed by atoms with Crippen molar-refractivity contribution in [3.8, 4) is 0 Å². The van der Waals surface area contributed by atoms with Crippen molar-refractivity contribution in [1.29, 1.82) is 0 Å². The number of fused-ring (bicyclic) bond motifs is 1. The number of rotatable bonds is 2. The molecule has 0 bridgehead atoms. The molecule has 2 heterocycles. The molecule has 3 fully saturated rings. The van der Waals surface area contributed by atoms with E-state index in [2.05, 4.69) is 0 Å². The second kappa shape index (κ2) is 6.19. The standard InChI is InChI=1S/C14H22N2O5/c17-13(18)8-10-9-15(4-6-20-10)14(19)16-5-7-21-12-3-1-2-11(12)16/h10-12H,1-9H2,(H,17,18). The van der Waals surface area contributed by atoms with Crippen LogP contribution in [-0.4, -0.2) is 78.0 Å². The summed E-state index contributed by atoms with van der Waals surface area (Å²) in [5, 5.41) is 8.85. The number of urea groups is 1. The molecule has 1 N–H and O–H groups in total. The predicted octanol–water partition coefficient (Wildman–Crippen LogP) is 0.535. The first kappa shape index (κ1) is 14.6. The third kappa shape index (κ3) is 3.13. The zero-order chi connectivity index (χ0) is 14.8. The average molecular weight is 298 g/mol. The second-order valence-electron chi connectivity index (χ2n) is 5.92. The summed E-state index contributed by atoms with van der Waals surface area (Å²) in [6, 6.07) is 0.195. The summed E-state index contributed by atoms with van der Waals surface area (Å²) in [7, 11) is 0. The van der Waals surface area contributed by atoms with Crippen LogP contribution in [0, 0.1) is 0 Å². The average Bonchev–Trinajstić information content (AvgIpc) is 2.94. The number of hydrogen-bond acceptors (Lipinski definition) is 4. The number of ether oxygens (including phenoxy) is 2. The first-order valence-corrected chi connectivity index (χ1v) is 7.65. The van der Waals surface area contributed by atoms with Gasteiger partial charge in [0.2, 0.25) is 0 Å². The molecule has 3 rings (SSSR count). The molecular formula is C14H22N2O5. The maximum Gasteiger partial charge on any atom is 0.320 e. The van der Waals surface area contributed by atoms with E-state index in [4.69, 9.17) is 14.6 Å². The van der Waals surface area contributed by atoms with Gasteiger partial charge < -0.3 is 24.4 Å². The van der Waals surface area contributed by atoms with Gasteiger partial charge in [0.15, 0.2) is 0 Å². The molecule has 3 aliphatic rings. The molecule has 0 aromatic rings. The van der Waals surface area contributed by atoms with Crippen LogP contribution < -0.4 is 0 Å². The van der Waals surface area contributed by atoms with Crippen LogP contribution in [0.2, 0.25) is 0 Å². The van der Waals surface area contributed by atoms with Gasteiger partial charge in [-0.15, -0.1) is 0 Å². The molecule has 1 aliphatic carbocycles. The number of amides is 2. The van der Waals surface area contributed by atoms with Crippen molar-refractivity contribution >= 4 is 12.0 Å². The molecule has 7 heteroatoms. The van der Waals surface area contributed by atoms with Gasteiger partial charge in [0.05, 0.1) is 37.9 Å². The Labute approximate surface area is 123 Å². The van der Waals surface area contributed by atoms with Crippen LogP contribution in [0.3, 0.4) is 0 Å². The summed E-state index contributed by atoms with van der Waals surface area (Å²) in [6.45, 7) is 2.52. The van der Waals surface area contributed by atoms with E-state index >= 15 is 0 Å². The van der Waals surface area contributed by atoms with Crippen LogP contribution in [0.5, 0.6) is 0 Å². The fraction of sp³-hybridized carbons (Fsp3) is 0.857. The lowest BCUT2D eigenvalue weighted by atomic mass is 10.1. The lowest BCUT2D eigenvalue weighted by Gasteiger charge is -2.42. The molecule has 0 radical (unpaired) electrons. The Hall–Kier alpha value is -1.34. The van der Waals surface area contributed by atoms with Crippen LogP contribution in [-0.2, 0) is 14.3 Å². The summed E-state index contributed by atoms with van der Waals surface area (Å²) in [6.07, 6.45) is 2.85. The van der Waals surface area contributed by atoms with Gasteiger partial charge in [-0.1, -0.05) is 0 Å². The van der Waals surface area contributed by atoms with E-state index in [0.29, 0.717) is 32.8 Å². The van der Waals surface area contributed by atoms with Crippen molar-refractivity contribution in [2.45, 2.75) is 43.9 Å². The van der Waals surface area contributed by atoms with E-state index in [1.807, 2.05) is 4.90 Å². The number of carboxylic acid groups (broad SMARTS) is 1. The van der Waals surface area contributed by atoms with Gasteiger partial charge in [-0.05, 0) is 19.3 Å². The SMILES string of the molecule is O=C(O)CC1CN(C(=O)N2CCOC3CCCC32)CCO1. The third-order valence-corrected chi connectivity index (χ3v) is 4.54. The first-order chi connectivity index (χ1) is 10.1. The molecule has 3 atom stereocenters. The minimum atomic E-state index is -0.892. The Bertz CT molecular complexity index is 416. The molecule has 0 aromatic carbocycles. The maximum absolute atomic E-state index is 12.7. The minimum Gasteiger partial charge on any atom is -0.481 e. The van der Waals surface area contributed by atoms with Crippen LogP contribution in [0.25, 0.3) is 0 Å². The van der Waals surface area contributed by atoms with E-state index in [9.17, 15) is 9.59 Å². The molecule has 2 saturated heterocycles. The highest BCUT2D eigenvalue weighted by Gasteiger charge is 2.40. The summed E-state index contributed by atoms with van der Waals surface area (Å²) in [5.74, 6) is -0.892. The fourth-order valence-electron chi connectivity index (χ4n) is 3.56. The molecule has 21 heavy (non-hydrogen) atoms. The normalized spacial score (nSPS) is 32.9. The van der Waals surface area contributed by atoms with Gasteiger partial charge in [-0.3, -0.25) is 4.79 Å². The molecule has 0 spiro atoms. The summed E-state index contributed by atoms with van der Waals surface area (Å²) in [5.41, 5.74) is 0. The molecule has 2 aliphatic heterocycles. The third-order valence-electron chi connectivity index (χ3n) is 4.54. The van der Waals surface area contributed by atoms with Crippen molar-refractivity contribution in [2.24, 2.45) is 0 Å². The monoisotopic (exact) mass is 298 g/mol. The van der Waals surface area contributed by atoms with Gasteiger partial charge >= 0.3 is 12.0 Å². The number of aliphatic carboxylic acids is 1. The molecule has 1 saturated carbocycles. The fourth-order valence-corrected chi connectivity index (χ4v) is 3.56. The zero-order valence-corrected chi connectivity index (χ0v) is 12.1. The Morgan fingerprint density at radius 3 is 2.76 bits per heavy atom. The van der Waals surface area contributed by atoms with E-state index in [-0.39, 0.29) is 24.6 Å². The molecular weight excluding hydrogens is 276 g/mol. The molecule has 3 unspecified atom stereocenters. The highest BCUT2D eigenvalue weighted by Crippen LogP contribution is 2.30. The number of carbonyl (C=O) groups excluding carboxylic acids is 1. The summed E-state index contributed by atoms with van der Waals surface area (Å²) in [4.78, 5) is 27.2. The van der Waals surface area contributed by atoms with E-state index < -0.39 is 12.1 Å². The molecule has 2 amide bonds. The number of nitrogens with zero attached hydrogens (tertiary/aromatic N) is 2. The van der Waals surface area contributed by atoms with Crippen molar-refractivity contribution in [1.82, 2.24) is 9.80 Å². The first-order valence-electron chi connectivity index (χ1n) is 7.65. The minimum absolute atomic E-state index is 0.00823. The zero-order valence-electron chi connectivity index (χ0n) is 12.1. The van der Waals surface area contributed by atoms with Gasteiger partial charge in [-0.25, -0.2) is 4.79 Å². The highest BCUT2D eigenvalue weighted by molar-refractivity contribution is 5.75. The topological polar surface area (TPSA) is 79.3 Å². The second-order valence-corrected chi connectivity index (χ2v) is 5.92. The Morgan fingerprint density at radius 1 is 1.14 bits per heavy atom. The van der Waals surface area contributed by atoms with Crippen molar-refractivity contribution < 1.29 is 24.2 Å². The van der Waals surface area contributed by atoms with Crippen molar-refractivity contribution in [2.75, 3.05) is 32.8 Å². The number of morpholine rings is 2. The maximum atomic E-state index is 12.7. The number of carboxylic acids is 1. The van der Waals surface area contributed by atoms with E-state index in [0.717, 1.165) is 19.3 Å². The van der Waals surface area contributed by atoms with Crippen LogP contribution >= 0.6 is 0 Å². The number of carbonyl (C=O) groups is 2. The van der Waals surface area contributed by atoms with Crippen molar-refractivity contribution in [3.63, 3.8) is 0 Å². The lowest BCUT2D eigenvalue weighted by Crippen LogP contribution is -2.58. The van der Waals surface area contributed by atoms with Gasteiger partial charge in [0, 0.05) is 19.6 Å². The quantitative estimate of drug-likeness (QED) is 0.804. The highest BCUT2D eigenvalue weighted by atomic mass is 16.5. The summed E-state index contributed by atoms with van der Waals surface area (Å²) >= 11 is 0. The van der Waals surface area contributed by atoms with Crippen LogP contribution in [0.15, 0.2) is 0 Å². The van der Waals surface area contributed by atoms with E-state index in [1.165, 1.54) is 0 Å². The predicted molar refractivity (Wildman–Crippen MR) is 73.0 cm³/mol. The Kier molecular flexibility index (Phi) is 4.30. The summed E-state index contributed by atoms with van der Waals surface area (Å²) < 4.78 is 11.2. The Morgan fingerprint density at radius 2 is 1.95 bits per heavy atom. The van der Waals surface area contributed by atoms with Crippen LogP contribution in [0.4, 0.5) is 4.79 Å². The largest absolute Gasteiger partial charge is 0.481 e. The molecule has 118 valence electrons. The van der Waals surface area contributed by atoms with Gasteiger partial charge in [0.25, 0.3) is 0 Å². The molecule has 7 nitrogen and oxygen atoms in total. The van der Waals surface area contributed by atoms with E-state index in [1.54, 1.807) is 4.90 Å². The Balaban J connectivity index is 1.62. The lowest BCUT2D eigenvalue weighted by molar-refractivity contribution is -0.141. The smallest absolute Gasteiger partial charge is 0.320 e.